The summed E-state index contributed by atoms with van der Waals surface area (Å²) in [7, 11) is 0. The number of hydrogen-bond acceptors (Lipinski definition) is 6. The molecule has 3 heterocycles. The second kappa shape index (κ2) is 6.22. The molecule has 5 nitrogen and oxygen atoms in total. The molecule has 0 saturated carbocycles. The van der Waals surface area contributed by atoms with Gasteiger partial charge in [-0.05, 0) is 6.07 Å². The number of thiophene rings is 1. The lowest BCUT2D eigenvalue weighted by Gasteiger charge is -2.29. The van der Waals surface area contributed by atoms with Gasteiger partial charge < -0.3 is 15.4 Å². The van der Waals surface area contributed by atoms with Crippen molar-refractivity contribution < 1.29 is 9.53 Å². The Hall–Kier alpha value is -2.44. The predicted molar refractivity (Wildman–Crippen MR) is 96.9 cm³/mol. The molecule has 0 unspecified atom stereocenters. The Morgan fingerprint density at radius 1 is 1.17 bits per heavy atom. The van der Waals surface area contributed by atoms with E-state index in [1.54, 1.807) is 6.20 Å². The minimum absolute atomic E-state index is 0.0518. The highest BCUT2D eigenvalue weighted by Crippen LogP contribution is 2.39. The zero-order valence-electron chi connectivity index (χ0n) is 13.1. The van der Waals surface area contributed by atoms with E-state index in [0.717, 1.165) is 29.0 Å². The fourth-order valence-corrected chi connectivity index (χ4v) is 4.03. The van der Waals surface area contributed by atoms with Crippen LogP contribution < -0.4 is 10.6 Å². The number of rotatable bonds is 3. The molecule has 1 aliphatic heterocycles. The van der Waals surface area contributed by atoms with Crippen LogP contribution in [0.1, 0.15) is 15.2 Å². The van der Waals surface area contributed by atoms with E-state index in [2.05, 4.69) is 9.88 Å². The Morgan fingerprint density at radius 3 is 2.67 bits per heavy atom. The molecule has 24 heavy (non-hydrogen) atoms. The highest BCUT2D eigenvalue weighted by molar-refractivity contribution is 7.21. The van der Waals surface area contributed by atoms with Crippen molar-refractivity contribution in [2.24, 2.45) is 0 Å². The second-order valence-corrected chi connectivity index (χ2v) is 6.65. The van der Waals surface area contributed by atoms with Gasteiger partial charge in [0.15, 0.2) is 0 Å². The number of anilines is 2. The quantitative estimate of drug-likeness (QED) is 0.743. The van der Waals surface area contributed by atoms with Crippen LogP contribution in [0.3, 0.4) is 0 Å². The van der Waals surface area contributed by atoms with Crippen LogP contribution in [-0.2, 0) is 4.74 Å². The lowest BCUT2D eigenvalue weighted by atomic mass is 10.1. The minimum Gasteiger partial charge on any atom is -0.397 e. The SMILES string of the molecule is Nc1c(C(=O)c2ccccc2)sc2nccc(N3CCOCC3)c12. The molecule has 0 bridgehead atoms. The van der Waals surface area contributed by atoms with E-state index in [9.17, 15) is 4.79 Å². The van der Waals surface area contributed by atoms with Crippen LogP contribution in [0.25, 0.3) is 10.2 Å². The number of nitrogens with two attached hydrogens (primary N) is 1. The summed E-state index contributed by atoms with van der Waals surface area (Å²) < 4.78 is 5.42. The third-order valence-corrected chi connectivity index (χ3v) is 5.31. The summed E-state index contributed by atoms with van der Waals surface area (Å²) in [5, 5.41) is 0.878. The first-order valence-corrected chi connectivity index (χ1v) is 8.67. The molecule has 122 valence electrons. The maximum atomic E-state index is 12.8. The molecular weight excluding hydrogens is 322 g/mol. The van der Waals surface area contributed by atoms with Gasteiger partial charge in [0.1, 0.15) is 9.71 Å². The Kier molecular flexibility index (Phi) is 3.92. The van der Waals surface area contributed by atoms with E-state index in [1.165, 1.54) is 11.3 Å². The number of morpholine rings is 1. The average molecular weight is 339 g/mol. The number of nitrogens with zero attached hydrogens (tertiary/aromatic N) is 2. The largest absolute Gasteiger partial charge is 0.397 e. The van der Waals surface area contributed by atoms with Crippen LogP contribution in [0, 0.1) is 0 Å². The highest BCUT2D eigenvalue weighted by atomic mass is 32.1. The molecule has 6 heteroatoms. The number of carbonyl (C=O) groups excluding carboxylic acids is 1. The van der Waals surface area contributed by atoms with Crippen LogP contribution in [0.2, 0.25) is 0 Å². The van der Waals surface area contributed by atoms with Gasteiger partial charge in [-0.25, -0.2) is 4.98 Å². The van der Waals surface area contributed by atoms with E-state index in [4.69, 9.17) is 10.5 Å². The number of aromatic nitrogens is 1. The maximum absolute atomic E-state index is 12.8. The molecule has 0 aliphatic carbocycles. The normalized spacial score (nSPS) is 14.9. The third-order valence-electron chi connectivity index (χ3n) is 4.20. The van der Waals surface area contributed by atoms with Gasteiger partial charge in [0.2, 0.25) is 5.78 Å². The van der Waals surface area contributed by atoms with E-state index >= 15 is 0 Å². The molecule has 2 aromatic heterocycles. The second-order valence-electron chi connectivity index (χ2n) is 5.65. The zero-order chi connectivity index (χ0) is 16.5. The first-order chi connectivity index (χ1) is 11.8. The lowest BCUT2D eigenvalue weighted by molar-refractivity contribution is 0.104. The monoisotopic (exact) mass is 339 g/mol. The van der Waals surface area contributed by atoms with Gasteiger partial charge in [-0.1, -0.05) is 30.3 Å². The Labute approximate surface area is 143 Å². The molecule has 1 fully saturated rings. The van der Waals surface area contributed by atoms with Crippen molar-refractivity contribution in [1.82, 2.24) is 4.98 Å². The number of nitrogen functional groups attached to an aromatic ring is 1. The summed E-state index contributed by atoms with van der Waals surface area (Å²) in [5.41, 5.74) is 8.58. The predicted octanol–water partition coefficient (Wildman–Crippen LogP) is 2.95. The molecular formula is C18H17N3O2S. The van der Waals surface area contributed by atoms with E-state index in [1.807, 2.05) is 36.4 Å². The number of ether oxygens (including phenoxy) is 1. The van der Waals surface area contributed by atoms with Crippen LogP contribution in [0.4, 0.5) is 11.4 Å². The van der Waals surface area contributed by atoms with Crippen molar-refractivity contribution in [1.29, 1.82) is 0 Å². The van der Waals surface area contributed by atoms with Crippen molar-refractivity contribution in [3.05, 3.63) is 53.0 Å². The zero-order valence-corrected chi connectivity index (χ0v) is 13.9. The van der Waals surface area contributed by atoms with Crippen molar-refractivity contribution >= 4 is 38.7 Å². The molecule has 0 radical (unpaired) electrons. The number of pyridine rings is 1. The van der Waals surface area contributed by atoms with Crippen molar-refractivity contribution in [3.8, 4) is 0 Å². The minimum atomic E-state index is -0.0518. The summed E-state index contributed by atoms with van der Waals surface area (Å²) in [5.74, 6) is -0.0518. The molecule has 1 aromatic carbocycles. The summed E-state index contributed by atoms with van der Waals surface area (Å²) in [6.45, 7) is 3.03. The molecule has 0 amide bonds. The molecule has 1 saturated heterocycles. The standard InChI is InChI=1S/C18H17N3O2S/c19-15-14-13(21-8-10-23-11-9-21)6-7-20-18(14)24-17(15)16(22)12-4-2-1-3-5-12/h1-7H,8-11,19H2. The van der Waals surface area contributed by atoms with Gasteiger partial charge >= 0.3 is 0 Å². The van der Waals surface area contributed by atoms with Crippen molar-refractivity contribution in [2.45, 2.75) is 0 Å². The number of carbonyl (C=O) groups is 1. The number of fused-ring (bicyclic) bond motifs is 1. The lowest BCUT2D eigenvalue weighted by Crippen LogP contribution is -2.36. The van der Waals surface area contributed by atoms with E-state index < -0.39 is 0 Å². The van der Waals surface area contributed by atoms with Gasteiger partial charge in [0.05, 0.1) is 30.0 Å². The molecule has 1 aliphatic rings. The smallest absolute Gasteiger partial charge is 0.205 e. The number of ketones is 1. The average Bonchev–Trinajstić information content (AvgIpc) is 2.99. The van der Waals surface area contributed by atoms with Crippen LogP contribution in [0.5, 0.6) is 0 Å². The van der Waals surface area contributed by atoms with Gasteiger partial charge in [-0.15, -0.1) is 11.3 Å². The summed E-state index contributed by atoms with van der Waals surface area (Å²) in [4.78, 5) is 20.8. The van der Waals surface area contributed by atoms with Gasteiger partial charge in [-0.3, -0.25) is 4.79 Å². The van der Waals surface area contributed by atoms with Gasteiger partial charge in [-0.2, -0.15) is 0 Å². The van der Waals surface area contributed by atoms with Crippen LogP contribution in [-0.4, -0.2) is 37.1 Å². The molecule has 2 N–H and O–H groups in total. The Morgan fingerprint density at radius 2 is 1.92 bits per heavy atom. The summed E-state index contributed by atoms with van der Waals surface area (Å²) >= 11 is 1.36. The van der Waals surface area contributed by atoms with Crippen molar-refractivity contribution in [3.63, 3.8) is 0 Å². The first kappa shape index (κ1) is 15.1. The first-order valence-electron chi connectivity index (χ1n) is 7.85. The van der Waals surface area contributed by atoms with Gasteiger partial charge in [0.25, 0.3) is 0 Å². The topological polar surface area (TPSA) is 68.5 Å². The van der Waals surface area contributed by atoms with Crippen LogP contribution >= 0.6 is 11.3 Å². The fourth-order valence-electron chi connectivity index (χ4n) is 2.99. The summed E-state index contributed by atoms with van der Waals surface area (Å²) in [6.07, 6.45) is 1.78. The highest BCUT2D eigenvalue weighted by Gasteiger charge is 2.23. The Balaban J connectivity index is 1.82. The number of benzene rings is 1. The Bertz CT molecular complexity index is 886. The maximum Gasteiger partial charge on any atom is 0.205 e. The van der Waals surface area contributed by atoms with Gasteiger partial charge in [0, 0.05) is 24.8 Å². The van der Waals surface area contributed by atoms with Crippen molar-refractivity contribution in [2.75, 3.05) is 36.9 Å². The summed E-state index contributed by atoms with van der Waals surface area (Å²) in [6, 6.07) is 11.2. The fraction of sp³-hybridized carbons (Fsp3) is 0.222. The number of hydrogen-bond donors (Lipinski definition) is 1. The molecule has 0 atom stereocenters. The van der Waals surface area contributed by atoms with E-state index in [-0.39, 0.29) is 5.78 Å². The third kappa shape index (κ3) is 2.53. The molecule has 3 aromatic rings. The van der Waals surface area contributed by atoms with E-state index in [0.29, 0.717) is 29.3 Å². The van der Waals surface area contributed by atoms with Crippen LogP contribution in [0.15, 0.2) is 42.6 Å². The molecule has 0 spiro atoms. The molecule has 4 rings (SSSR count).